The third kappa shape index (κ3) is 27.4. The zero-order chi connectivity index (χ0) is 82.5. The Kier molecular flexibility index (Phi) is 34.3. The van der Waals surface area contributed by atoms with Gasteiger partial charge in [-0.15, -0.1) is 105 Å². The van der Waals surface area contributed by atoms with Crippen LogP contribution >= 0.6 is 0 Å². The molecule has 0 unspecified atom stereocenters. The molecular weight excluding hydrogens is 1960 g/mol. The Morgan fingerprint density at radius 2 is 0.687 bits per heavy atom. The Morgan fingerprint density at radius 3 is 1.02 bits per heavy atom. The molecule has 0 bridgehead atoms. The predicted octanol–water partition coefficient (Wildman–Crippen LogP) is 26.7. The molecule has 13 aromatic rings. The molecule has 13 rings (SSSR count). The number of aromatic nitrogens is 3. The molecule has 6 aromatic heterocycles. The molecule has 0 spiro atoms. The Labute approximate surface area is 721 Å². The average Bonchev–Trinajstić information content (AvgIpc) is 1.66. The van der Waals surface area contributed by atoms with Crippen LogP contribution in [0, 0.1) is 59.7 Å². The summed E-state index contributed by atoms with van der Waals surface area (Å²) in [5.41, 5.74) is 26.7. The van der Waals surface area contributed by atoms with Crippen LogP contribution in [0.4, 0.5) is 0 Å². The van der Waals surface area contributed by atoms with Crippen LogP contribution in [-0.2, 0) is 96.4 Å². The predicted molar refractivity (Wildman–Crippen MR) is 461 cm³/mol. The molecule has 0 aliphatic rings. The van der Waals surface area contributed by atoms with Crippen molar-refractivity contribution >= 4 is 50.3 Å². The van der Waals surface area contributed by atoms with E-state index in [4.69, 9.17) is 33.6 Å². The SMILES string of the molecule is CC(=O)C=C(C)O.CC(=O)C=C(C)O.CC(=O)C=C(C)O.Cc1[c-]c(-c2cc3c(C)c(-c4ccccc4)oc3cn2)cc(C(C)(C)C)c1.Cc1[c-]c(-c2cc3cc(-c4ccc(-c5c(C)cccc5C)cc4)oc3cn2)cc(C(C)(C)C)c1.Cc1[c-]c(-c2cc3cc(-c4ccc(C(C)(C)C)cc4)oc3cn2)cc(C(C)(C)C)c1.[Ir].[Ir].[Ir]. The van der Waals surface area contributed by atoms with E-state index < -0.39 is 0 Å². The Bertz CT molecular complexity index is 5510. The van der Waals surface area contributed by atoms with Crippen molar-refractivity contribution in [3.05, 3.63) is 292 Å². The Morgan fingerprint density at radius 1 is 0.357 bits per heavy atom. The molecule has 15 heteroatoms. The van der Waals surface area contributed by atoms with Crippen LogP contribution < -0.4 is 0 Å². The van der Waals surface area contributed by atoms with E-state index in [1.807, 2.05) is 36.8 Å². The second-order valence-corrected chi connectivity index (χ2v) is 32.9. The number of allylic oxidation sites excluding steroid dienone is 6. The standard InChI is InChI=1S/C32H30NO.C28H30NO.C25H24NO.3C5H8O2.3Ir/c1-20-14-25(16-27(15-20)32(4,5)6)28-17-26-18-29(34-30(26)19-33-28)23-10-12-24(13-11-23)31-21(2)8-7-9-22(31)3;1-18-12-20(14-23(13-18)28(5,6)7)24-15-21-16-25(30-26(21)17-29-24)19-8-10-22(11-9-19)27(2,3)4;1-16-11-19(13-20(12-16)25(3,4)5)22-14-21-17(2)24(27-23(21)15-26-22)18-9-7-6-8-10-18;3*1-4(6)3-5(2)7;;;/h7-13,15-19H,1-6H3;8-11,13-17H,1-7H3;6-10,12-15H,1-5H3;3*3,6H,1-2H3;;;/q3*-1;;;;;;. The summed E-state index contributed by atoms with van der Waals surface area (Å²) in [4.78, 5) is 44.1. The largest absolute Gasteiger partial charge is 0.512 e. The molecule has 115 heavy (non-hydrogen) atoms. The first-order valence-corrected chi connectivity index (χ1v) is 37.7. The van der Waals surface area contributed by atoms with Crippen LogP contribution in [-0.4, -0.2) is 47.6 Å². The van der Waals surface area contributed by atoms with Crippen molar-refractivity contribution in [2.75, 3.05) is 0 Å². The van der Waals surface area contributed by atoms with Gasteiger partial charge in [0.1, 0.15) is 17.3 Å². The maximum absolute atomic E-state index is 10.0. The summed E-state index contributed by atoms with van der Waals surface area (Å²) >= 11 is 0. The molecule has 0 saturated carbocycles. The molecule has 7 aromatic carbocycles. The van der Waals surface area contributed by atoms with Gasteiger partial charge >= 0.3 is 0 Å². The fourth-order valence-corrected chi connectivity index (χ4v) is 12.6. The maximum Gasteiger partial charge on any atom is 0.155 e. The monoisotopic (exact) mass is 2070 g/mol. The fourth-order valence-electron chi connectivity index (χ4n) is 12.6. The molecular formula is C100H108Ir3N3O9-3. The first-order chi connectivity index (χ1) is 52.4. The average molecular weight is 2070 g/mol. The van der Waals surface area contributed by atoms with Gasteiger partial charge in [-0.2, -0.15) is 0 Å². The number of carbonyl (C=O) groups excluding carboxylic acids is 3. The zero-order valence-corrected chi connectivity index (χ0v) is 77.9. The number of nitrogens with zero attached hydrogens (tertiary/aromatic N) is 3. The van der Waals surface area contributed by atoms with Crippen molar-refractivity contribution in [3.63, 3.8) is 0 Å². The molecule has 0 aliphatic heterocycles. The number of carbonyl (C=O) groups is 3. The summed E-state index contributed by atoms with van der Waals surface area (Å²) in [6.07, 6.45) is 8.98. The molecule has 0 aliphatic carbocycles. The number of pyridine rings is 3. The maximum atomic E-state index is 10.0. The third-order valence-corrected chi connectivity index (χ3v) is 18.3. The van der Waals surface area contributed by atoms with Crippen molar-refractivity contribution < 1.29 is 103 Å². The van der Waals surface area contributed by atoms with Crippen LogP contribution in [0.25, 0.3) is 112 Å². The van der Waals surface area contributed by atoms with Crippen molar-refractivity contribution in [1.29, 1.82) is 0 Å². The number of hydrogen-bond donors (Lipinski definition) is 3. The fraction of sp³-hybridized carbons (Fsp3) is 0.280. The van der Waals surface area contributed by atoms with Crippen LogP contribution in [0.5, 0.6) is 0 Å². The number of benzene rings is 7. The van der Waals surface area contributed by atoms with Gasteiger partial charge in [-0.25, -0.2) is 0 Å². The molecule has 3 N–H and O–H groups in total. The van der Waals surface area contributed by atoms with E-state index >= 15 is 0 Å². The molecule has 6 heterocycles. The number of aliphatic hydroxyl groups is 3. The quantitative estimate of drug-likeness (QED) is 0.0668. The molecule has 0 fully saturated rings. The van der Waals surface area contributed by atoms with Crippen molar-refractivity contribution in [2.45, 2.75) is 188 Å². The van der Waals surface area contributed by atoms with Crippen molar-refractivity contribution in [2.24, 2.45) is 0 Å². The van der Waals surface area contributed by atoms with Gasteiger partial charge in [-0.05, 0) is 141 Å². The van der Waals surface area contributed by atoms with E-state index in [2.05, 4.69) is 298 Å². The zero-order valence-electron chi connectivity index (χ0n) is 70.7. The van der Waals surface area contributed by atoms with Gasteiger partial charge in [0.2, 0.25) is 0 Å². The molecule has 0 atom stereocenters. The third-order valence-electron chi connectivity index (χ3n) is 18.3. The van der Waals surface area contributed by atoms with E-state index in [0.29, 0.717) is 0 Å². The summed E-state index contributed by atoms with van der Waals surface area (Å²) in [6.45, 7) is 48.0. The number of aryl methyl sites for hydroxylation is 6. The summed E-state index contributed by atoms with van der Waals surface area (Å²) < 4.78 is 18.4. The van der Waals surface area contributed by atoms with Gasteiger partial charge in [-0.3, -0.25) is 14.4 Å². The van der Waals surface area contributed by atoms with E-state index in [9.17, 15) is 14.4 Å². The van der Waals surface area contributed by atoms with Crippen molar-refractivity contribution in [1.82, 2.24) is 15.0 Å². The molecule has 0 amide bonds. The molecule has 607 valence electrons. The second-order valence-electron chi connectivity index (χ2n) is 32.9. The first-order valence-electron chi connectivity index (χ1n) is 37.7. The van der Waals surface area contributed by atoms with E-state index in [1.54, 1.807) is 0 Å². The number of furan rings is 3. The van der Waals surface area contributed by atoms with Crippen LogP contribution in [0.15, 0.2) is 231 Å². The Balaban J connectivity index is 0.000000271. The van der Waals surface area contributed by atoms with Gasteiger partial charge in [0.25, 0.3) is 0 Å². The summed E-state index contributed by atoms with van der Waals surface area (Å²) in [5.74, 6) is 2.44. The number of hydrogen-bond acceptors (Lipinski definition) is 12. The minimum absolute atomic E-state index is 0. The molecule has 0 saturated heterocycles. The van der Waals surface area contributed by atoms with Crippen LogP contribution in [0.3, 0.4) is 0 Å². The number of rotatable bonds is 10. The second kappa shape index (κ2) is 41.2. The van der Waals surface area contributed by atoms with Crippen LogP contribution in [0.2, 0.25) is 0 Å². The van der Waals surface area contributed by atoms with Gasteiger partial charge < -0.3 is 43.5 Å². The first kappa shape index (κ1) is 95.8. The summed E-state index contributed by atoms with van der Waals surface area (Å²) in [7, 11) is 0. The van der Waals surface area contributed by atoms with Crippen LogP contribution in [0.1, 0.15) is 180 Å². The van der Waals surface area contributed by atoms with Gasteiger partial charge in [-0.1, -0.05) is 219 Å². The van der Waals surface area contributed by atoms with E-state index in [-0.39, 0.29) is 117 Å². The van der Waals surface area contributed by atoms with Gasteiger partial charge in [0, 0.05) is 117 Å². The van der Waals surface area contributed by atoms with Gasteiger partial charge in [0.05, 0.1) is 35.9 Å². The van der Waals surface area contributed by atoms with E-state index in [0.717, 1.165) is 123 Å². The van der Waals surface area contributed by atoms with E-state index in [1.165, 1.54) is 104 Å². The number of fused-ring (bicyclic) bond motifs is 3. The van der Waals surface area contributed by atoms with Crippen molar-refractivity contribution in [3.8, 4) is 78.9 Å². The Hall–Kier alpha value is -9.81. The summed E-state index contributed by atoms with van der Waals surface area (Å²) in [5, 5.41) is 28.3. The minimum atomic E-state index is -0.125. The smallest absolute Gasteiger partial charge is 0.155 e. The van der Waals surface area contributed by atoms with Gasteiger partial charge in [0.15, 0.2) is 34.1 Å². The molecule has 12 nitrogen and oxygen atoms in total. The topological polar surface area (TPSA) is 190 Å². The summed E-state index contributed by atoms with van der Waals surface area (Å²) in [6, 6.07) is 68.1. The molecule has 3 radical (unpaired) electrons. The number of ketones is 3. The normalized spacial score (nSPS) is 11.6. The number of aliphatic hydroxyl groups excluding tert-OH is 3. The minimum Gasteiger partial charge on any atom is -0.512 e.